The minimum atomic E-state index is -5.74. The largest absolute Gasteiger partial charge is 0.411 e. The van der Waals surface area contributed by atoms with E-state index in [9.17, 15) is 35.9 Å². The van der Waals surface area contributed by atoms with E-state index in [1.54, 1.807) is 0 Å². The van der Waals surface area contributed by atoms with Crippen LogP contribution in [0.2, 0.25) is 0 Å². The van der Waals surface area contributed by atoms with Gasteiger partial charge in [-0.15, -0.1) is 0 Å². The molecule has 0 saturated carbocycles. The normalized spacial score (nSPS) is 12.4. The summed E-state index contributed by atoms with van der Waals surface area (Å²) in [5.74, 6) is -1.04. The smallest absolute Gasteiger partial charge is 0.325 e. The molecule has 0 aliphatic rings. The summed E-state index contributed by atoms with van der Waals surface area (Å²) in [6, 6.07) is 6.55. The van der Waals surface area contributed by atoms with E-state index in [0.29, 0.717) is 24.3 Å². The maximum atomic E-state index is 14.1. The van der Waals surface area contributed by atoms with E-state index in [2.05, 4.69) is 42.5 Å². The van der Waals surface area contributed by atoms with Crippen molar-refractivity contribution in [1.29, 1.82) is 0 Å². The van der Waals surface area contributed by atoms with Crippen molar-refractivity contribution in [3.05, 3.63) is 59.7 Å². The monoisotopic (exact) mass is 574 g/mol. The van der Waals surface area contributed by atoms with E-state index in [4.69, 9.17) is 0 Å². The molecule has 0 bridgehead atoms. The second-order valence-electron chi connectivity index (χ2n) is 6.26. The van der Waals surface area contributed by atoms with Gasteiger partial charge in [0.15, 0.2) is 0 Å². The Hall–Kier alpha value is -2.08. The lowest BCUT2D eigenvalue weighted by Crippen LogP contribution is -2.54. The van der Waals surface area contributed by atoms with Crippen LogP contribution in [0.4, 0.5) is 37.7 Å². The van der Waals surface area contributed by atoms with Gasteiger partial charge in [-0.1, -0.05) is 56.1 Å². The molecule has 0 fully saturated rings. The van der Waals surface area contributed by atoms with Crippen LogP contribution in [0, 0.1) is 0 Å². The highest BCUT2D eigenvalue weighted by atomic mass is 79.9. The Labute approximate surface area is 189 Å². The zero-order chi connectivity index (χ0) is 23.4. The zero-order valence-corrected chi connectivity index (χ0v) is 18.5. The topological polar surface area (TPSA) is 58.2 Å². The van der Waals surface area contributed by atoms with Crippen molar-refractivity contribution in [1.82, 2.24) is 0 Å². The minimum Gasteiger partial charge on any atom is -0.325 e. The fourth-order valence-corrected chi connectivity index (χ4v) is 3.26. The molecule has 2 aromatic rings. The number of amides is 2. The Kier molecular flexibility index (Phi) is 7.79. The average Bonchev–Trinajstić information content (AvgIpc) is 2.68. The number of carbonyl (C=O) groups excluding carboxylic acids is 2. The number of rotatable bonds is 6. The average molecular weight is 576 g/mol. The van der Waals surface area contributed by atoms with Crippen LogP contribution < -0.4 is 10.6 Å². The molecule has 0 atom stereocenters. The highest BCUT2D eigenvalue weighted by Gasteiger charge is 2.72. The zero-order valence-electron chi connectivity index (χ0n) is 15.4. The van der Waals surface area contributed by atoms with Gasteiger partial charge in [0.25, 0.3) is 0 Å². The highest BCUT2D eigenvalue weighted by Crippen LogP contribution is 2.56. The van der Waals surface area contributed by atoms with Crippen molar-refractivity contribution < 1.29 is 35.9 Å². The lowest BCUT2D eigenvalue weighted by atomic mass is 9.73. The first-order valence-corrected chi connectivity index (χ1v) is 10.7. The van der Waals surface area contributed by atoms with Crippen LogP contribution in [0.3, 0.4) is 0 Å². The molecular formula is C19H14Br2F6N2O2. The molecule has 4 nitrogen and oxygen atoms in total. The molecule has 0 aliphatic heterocycles. The molecule has 0 heterocycles. The number of nitrogens with one attached hydrogen (secondary N) is 2. The van der Waals surface area contributed by atoms with E-state index in [1.807, 2.05) is 0 Å². The summed E-state index contributed by atoms with van der Waals surface area (Å²) in [5, 5.41) is 4.46. The first-order valence-electron chi connectivity index (χ1n) is 8.43. The number of carbonyl (C=O) groups is 2. The van der Waals surface area contributed by atoms with Crippen LogP contribution in [0.25, 0.3) is 0 Å². The SMILES string of the molecule is O=C(CBr)Nc1ccc(C(c2ccc(NC(=O)CBr)cc2)(C(F)(F)F)C(F)(F)F)cc1. The molecular weight excluding hydrogens is 562 g/mol. The Morgan fingerprint density at radius 1 is 0.645 bits per heavy atom. The van der Waals surface area contributed by atoms with Gasteiger partial charge in [0, 0.05) is 11.4 Å². The fourth-order valence-electron chi connectivity index (χ4n) is 2.98. The molecule has 0 saturated heterocycles. The van der Waals surface area contributed by atoms with Crippen LogP contribution in [0.15, 0.2) is 48.5 Å². The van der Waals surface area contributed by atoms with E-state index in [1.165, 1.54) is 0 Å². The Morgan fingerprint density at radius 3 is 1.16 bits per heavy atom. The molecule has 0 spiro atoms. The quantitative estimate of drug-likeness (QED) is 0.340. The molecule has 31 heavy (non-hydrogen) atoms. The molecule has 0 aliphatic carbocycles. The maximum Gasteiger partial charge on any atom is 0.411 e. The van der Waals surface area contributed by atoms with Gasteiger partial charge in [-0.2, -0.15) is 26.3 Å². The molecule has 12 heteroatoms. The van der Waals surface area contributed by atoms with Crippen LogP contribution >= 0.6 is 31.9 Å². The van der Waals surface area contributed by atoms with Crippen molar-refractivity contribution in [3.63, 3.8) is 0 Å². The first kappa shape index (κ1) is 25.2. The number of alkyl halides is 8. The van der Waals surface area contributed by atoms with Gasteiger partial charge in [-0.3, -0.25) is 9.59 Å². The number of benzene rings is 2. The molecule has 2 amide bonds. The number of halogens is 8. The summed E-state index contributed by atoms with van der Waals surface area (Å²) in [6.07, 6.45) is -11.5. The molecule has 0 aromatic heterocycles. The molecule has 0 unspecified atom stereocenters. The Bertz CT molecular complexity index is 851. The summed E-state index contributed by atoms with van der Waals surface area (Å²) < 4.78 is 84.6. The van der Waals surface area contributed by atoms with E-state index in [0.717, 1.165) is 24.3 Å². The summed E-state index contributed by atoms with van der Waals surface area (Å²) in [4.78, 5) is 22.8. The Balaban J connectivity index is 2.63. The van der Waals surface area contributed by atoms with E-state index in [-0.39, 0.29) is 22.0 Å². The number of anilines is 2. The van der Waals surface area contributed by atoms with Crippen molar-refractivity contribution in [3.8, 4) is 0 Å². The van der Waals surface area contributed by atoms with Gasteiger partial charge in [-0.05, 0) is 35.4 Å². The van der Waals surface area contributed by atoms with Crippen LogP contribution in [0.5, 0.6) is 0 Å². The fraction of sp³-hybridized carbons (Fsp3) is 0.263. The lowest BCUT2D eigenvalue weighted by molar-refractivity contribution is -0.288. The summed E-state index contributed by atoms with van der Waals surface area (Å²) in [7, 11) is 0. The second-order valence-corrected chi connectivity index (χ2v) is 7.39. The first-order chi connectivity index (χ1) is 14.4. The van der Waals surface area contributed by atoms with Gasteiger partial charge in [0.05, 0.1) is 10.7 Å². The predicted molar refractivity (Wildman–Crippen MR) is 111 cm³/mol. The van der Waals surface area contributed by atoms with Crippen molar-refractivity contribution in [2.24, 2.45) is 0 Å². The molecule has 2 aromatic carbocycles. The maximum absolute atomic E-state index is 14.1. The predicted octanol–water partition coefficient (Wildman–Crippen LogP) is 5.76. The molecule has 2 rings (SSSR count). The third kappa shape index (κ3) is 5.22. The van der Waals surface area contributed by atoms with Gasteiger partial charge in [0.2, 0.25) is 17.2 Å². The van der Waals surface area contributed by atoms with Crippen LogP contribution in [-0.4, -0.2) is 34.8 Å². The molecule has 0 radical (unpaired) electrons. The lowest BCUT2D eigenvalue weighted by Gasteiger charge is -2.38. The minimum absolute atomic E-state index is 0.0410. The standard InChI is InChI=1S/C19H14Br2F6N2O2/c20-9-15(30)28-13-5-1-11(2-6-13)17(18(22,23)24,19(25,26)27)12-3-7-14(8-4-12)29-16(31)10-21/h1-8H,9-10H2,(H,28,30)(H,29,31). The van der Waals surface area contributed by atoms with E-state index >= 15 is 0 Å². The summed E-state index contributed by atoms with van der Waals surface area (Å²) in [6.45, 7) is 0. The van der Waals surface area contributed by atoms with Gasteiger partial charge in [-0.25, -0.2) is 0 Å². The van der Waals surface area contributed by atoms with Gasteiger partial charge < -0.3 is 10.6 Å². The number of hydrogen-bond donors (Lipinski definition) is 2. The van der Waals surface area contributed by atoms with Gasteiger partial charge in [0.1, 0.15) is 0 Å². The summed E-state index contributed by atoms with van der Waals surface area (Å²) >= 11 is 5.78. The summed E-state index contributed by atoms with van der Waals surface area (Å²) in [5.41, 5.74) is -6.38. The third-order valence-corrected chi connectivity index (χ3v) is 5.32. The second kappa shape index (κ2) is 9.60. The number of hydrogen-bond acceptors (Lipinski definition) is 2. The molecule has 168 valence electrons. The third-order valence-electron chi connectivity index (χ3n) is 4.30. The Morgan fingerprint density at radius 2 is 0.935 bits per heavy atom. The highest BCUT2D eigenvalue weighted by molar-refractivity contribution is 9.09. The molecule has 2 N–H and O–H groups in total. The van der Waals surface area contributed by atoms with E-state index < -0.39 is 40.7 Å². The van der Waals surface area contributed by atoms with Crippen molar-refractivity contribution >= 4 is 55.0 Å². The van der Waals surface area contributed by atoms with Gasteiger partial charge >= 0.3 is 12.4 Å². The van der Waals surface area contributed by atoms with Crippen molar-refractivity contribution in [2.75, 3.05) is 21.3 Å². The van der Waals surface area contributed by atoms with Crippen molar-refractivity contribution in [2.45, 2.75) is 17.8 Å². The van der Waals surface area contributed by atoms with Crippen LogP contribution in [-0.2, 0) is 15.0 Å². The van der Waals surface area contributed by atoms with Crippen LogP contribution in [0.1, 0.15) is 11.1 Å².